The average Bonchev–Trinajstić information content (AvgIpc) is 2.38. The van der Waals surface area contributed by atoms with Crippen molar-refractivity contribution in [3.05, 3.63) is 35.9 Å². The second-order valence-corrected chi connectivity index (χ2v) is 5.62. The van der Waals surface area contributed by atoms with Crippen LogP contribution in [0.3, 0.4) is 0 Å². The van der Waals surface area contributed by atoms with E-state index in [1.54, 1.807) is 0 Å². The normalized spacial score (nSPS) is 21.1. The van der Waals surface area contributed by atoms with Crippen LogP contribution in [0.1, 0.15) is 57.6 Å². The molecule has 0 bridgehead atoms. The Morgan fingerprint density at radius 1 is 1.12 bits per heavy atom. The zero-order valence-corrected chi connectivity index (χ0v) is 11.2. The van der Waals surface area contributed by atoms with Crippen molar-refractivity contribution in [1.82, 2.24) is 5.32 Å². The number of rotatable bonds is 4. The molecule has 2 rings (SSSR count). The quantitative estimate of drug-likeness (QED) is 0.814. The Bertz CT molecular complexity index is 325. The smallest absolute Gasteiger partial charge is 0.0374 e. The molecule has 1 N–H and O–H groups in total. The van der Waals surface area contributed by atoms with E-state index in [1.165, 1.54) is 37.7 Å². The monoisotopic (exact) mass is 231 g/mol. The predicted molar refractivity (Wildman–Crippen MR) is 74.1 cm³/mol. The summed E-state index contributed by atoms with van der Waals surface area (Å²) in [5.74, 6) is 0. The van der Waals surface area contributed by atoms with Gasteiger partial charge < -0.3 is 5.32 Å². The standard InChI is InChI=1S/C16H25N/c1-3-17-15(14-10-6-4-7-11-14)16(2)12-8-5-9-13-16/h4,6-7,10-11,15,17H,3,5,8-9,12-13H2,1-2H3. The highest BCUT2D eigenvalue weighted by Crippen LogP contribution is 2.45. The van der Waals surface area contributed by atoms with Gasteiger partial charge in [-0.2, -0.15) is 0 Å². The highest BCUT2D eigenvalue weighted by Gasteiger charge is 2.35. The molecule has 1 saturated carbocycles. The van der Waals surface area contributed by atoms with Crippen molar-refractivity contribution in [1.29, 1.82) is 0 Å². The SMILES string of the molecule is CCNC(c1ccccc1)C1(C)CCCCC1. The molecule has 1 nitrogen and oxygen atoms in total. The van der Waals surface area contributed by atoms with Gasteiger partial charge in [0, 0.05) is 6.04 Å². The molecule has 17 heavy (non-hydrogen) atoms. The van der Waals surface area contributed by atoms with E-state index < -0.39 is 0 Å². The number of nitrogens with one attached hydrogen (secondary N) is 1. The van der Waals surface area contributed by atoms with Crippen molar-refractivity contribution in [2.24, 2.45) is 5.41 Å². The zero-order chi connectivity index (χ0) is 12.1. The van der Waals surface area contributed by atoms with E-state index in [-0.39, 0.29) is 0 Å². The predicted octanol–water partition coefficient (Wildman–Crippen LogP) is 4.31. The molecule has 0 radical (unpaired) electrons. The van der Waals surface area contributed by atoms with Crippen LogP contribution < -0.4 is 5.32 Å². The van der Waals surface area contributed by atoms with Crippen LogP contribution in [0, 0.1) is 5.41 Å². The molecule has 1 aromatic carbocycles. The lowest BCUT2D eigenvalue weighted by atomic mass is 9.68. The first-order chi connectivity index (χ1) is 8.26. The molecule has 94 valence electrons. The molecule has 0 aromatic heterocycles. The molecule has 0 amide bonds. The van der Waals surface area contributed by atoms with Crippen LogP contribution in [0.15, 0.2) is 30.3 Å². The molecule has 1 atom stereocenters. The average molecular weight is 231 g/mol. The fraction of sp³-hybridized carbons (Fsp3) is 0.625. The Morgan fingerprint density at radius 2 is 1.76 bits per heavy atom. The Labute approximate surface area is 106 Å². The topological polar surface area (TPSA) is 12.0 Å². The van der Waals surface area contributed by atoms with Gasteiger partial charge in [-0.1, -0.05) is 63.4 Å². The maximum absolute atomic E-state index is 3.71. The summed E-state index contributed by atoms with van der Waals surface area (Å²) in [6.07, 6.45) is 6.93. The van der Waals surface area contributed by atoms with E-state index in [4.69, 9.17) is 0 Å². The first-order valence-corrected chi connectivity index (χ1v) is 7.04. The van der Waals surface area contributed by atoms with Crippen LogP contribution in [0.2, 0.25) is 0 Å². The summed E-state index contributed by atoms with van der Waals surface area (Å²) in [4.78, 5) is 0. The molecular weight excluding hydrogens is 206 g/mol. The first kappa shape index (κ1) is 12.6. The third-order valence-electron chi connectivity index (χ3n) is 4.23. The zero-order valence-electron chi connectivity index (χ0n) is 11.2. The maximum Gasteiger partial charge on any atom is 0.0374 e. The molecule has 1 aromatic rings. The van der Waals surface area contributed by atoms with Crippen molar-refractivity contribution < 1.29 is 0 Å². The van der Waals surface area contributed by atoms with Gasteiger partial charge in [-0.05, 0) is 30.4 Å². The Kier molecular flexibility index (Phi) is 4.22. The molecule has 1 aliphatic rings. The van der Waals surface area contributed by atoms with Crippen LogP contribution >= 0.6 is 0 Å². The Balaban J connectivity index is 2.22. The minimum atomic E-state index is 0.440. The highest BCUT2D eigenvalue weighted by atomic mass is 14.9. The third kappa shape index (κ3) is 2.90. The third-order valence-corrected chi connectivity index (χ3v) is 4.23. The summed E-state index contributed by atoms with van der Waals surface area (Å²) in [7, 11) is 0. The molecule has 0 aliphatic heterocycles. The van der Waals surface area contributed by atoms with Crippen LogP contribution in [0.5, 0.6) is 0 Å². The van der Waals surface area contributed by atoms with Crippen molar-refractivity contribution >= 4 is 0 Å². The molecule has 1 aliphatic carbocycles. The van der Waals surface area contributed by atoms with Gasteiger partial charge >= 0.3 is 0 Å². The number of hydrogen-bond acceptors (Lipinski definition) is 1. The second kappa shape index (κ2) is 5.68. The van der Waals surface area contributed by atoms with E-state index >= 15 is 0 Å². The minimum absolute atomic E-state index is 0.440. The first-order valence-electron chi connectivity index (χ1n) is 7.04. The Morgan fingerprint density at radius 3 is 2.35 bits per heavy atom. The number of hydrogen-bond donors (Lipinski definition) is 1. The lowest BCUT2D eigenvalue weighted by Crippen LogP contribution is -2.37. The van der Waals surface area contributed by atoms with E-state index in [2.05, 4.69) is 49.5 Å². The van der Waals surface area contributed by atoms with Crippen LogP contribution in [0.25, 0.3) is 0 Å². The van der Waals surface area contributed by atoms with Gasteiger partial charge in [0.1, 0.15) is 0 Å². The lowest BCUT2D eigenvalue weighted by molar-refractivity contribution is 0.146. The van der Waals surface area contributed by atoms with E-state index in [1.807, 2.05) is 0 Å². The summed E-state index contributed by atoms with van der Waals surface area (Å²) in [6, 6.07) is 11.5. The maximum atomic E-state index is 3.71. The van der Waals surface area contributed by atoms with Crippen molar-refractivity contribution in [2.75, 3.05) is 6.54 Å². The highest BCUT2D eigenvalue weighted by molar-refractivity contribution is 5.21. The van der Waals surface area contributed by atoms with E-state index in [0.717, 1.165) is 6.54 Å². The van der Waals surface area contributed by atoms with Gasteiger partial charge in [-0.15, -0.1) is 0 Å². The van der Waals surface area contributed by atoms with Gasteiger partial charge in [-0.25, -0.2) is 0 Å². The molecule has 1 fully saturated rings. The molecule has 1 heteroatoms. The van der Waals surface area contributed by atoms with Crippen LogP contribution in [0.4, 0.5) is 0 Å². The van der Waals surface area contributed by atoms with Gasteiger partial charge in [0.05, 0.1) is 0 Å². The largest absolute Gasteiger partial charge is 0.310 e. The summed E-state index contributed by atoms with van der Waals surface area (Å²) in [6.45, 7) is 5.73. The van der Waals surface area contributed by atoms with Crippen LogP contribution in [-0.2, 0) is 0 Å². The van der Waals surface area contributed by atoms with Gasteiger partial charge in [0.15, 0.2) is 0 Å². The van der Waals surface area contributed by atoms with Crippen molar-refractivity contribution in [3.63, 3.8) is 0 Å². The molecule has 1 unspecified atom stereocenters. The minimum Gasteiger partial charge on any atom is -0.310 e. The second-order valence-electron chi connectivity index (χ2n) is 5.62. The fourth-order valence-electron chi connectivity index (χ4n) is 3.26. The van der Waals surface area contributed by atoms with E-state index in [0.29, 0.717) is 11.5 Å². The van der Waals surface area contributed by atoms with E-state index in [9.17, 15) is 0 Å². The summed E-state index contributed by atoms with van der Waals surface area (Å²) in [5.41, 5.74) is 1.90. The van der Waals surface area contributed by atoms with Crippen LogP contribution in [-0.4, -0.2) is 6.54 Å². The van der Waals surface area contributed by atoms with Gasteiger partial charge in [0.25, 0.3) is 0 Å². The van der Waals surface area contributed by atoms with Gasteiger partial charge in [-0.3, -0.25) is 0 Å². The summed E-state index contributed by atoms with van der Waals surface area (Å²) >= 11 is 0. The molecule has 0 heterocycles. The number of benzene rings is 1. The lowest BCUT2D eigenvalue weighted by Gasteiger charge is -2.41. The Hall–Kier alpha value is -0.820. The molecule has 0 saturated heterocycles. The summed E-state index contributed by atoms with van der Waals surface area (Å²) in [5, 5.41) is 3.71. The van der Waals surface area contributed by atoms with Crippen molar-refractivity contribution in [3.8, 4) is 0 Å². The molecule has 0 spiro atoms. The fourth-order valence-corrected chi connectivity index (χ4v) is 3.26. The summed E-state index contributed by atoms with van der Waals surface area (Å²) < 4.78 is 0. The van der Waals surface area contributed by atoms with Gasteiger partial charge in [0.2, 0.25) is 0 Å². The van der Waals surface area contributed by atoms with Crippen molar-refractivity contribution in [2.45, 2.75) is 52.0 Å². The molecular formula is C16H25N.